The first kappa shape index (κ1) is 19.4. The molecule has 3 rings (SSSR count). The van der Waals surface area contributed by atoms with E-state index in [4.69, 9.17) is 4.74 Å². The molecule has 1 N–H and O–H groups in total. The minimum Gasteiger partial charge on any atom is -0.466 e. The van der Waals surface area contributed by atoms with Crippen LogP contribution in [0.4, 0.5) is 5.13 Å². The Balaban J connectivity index is 1.66. The van der Waals surface area contributed by atoms with Crippen molar-refractivity contribution in [2.24, 2.45) is 0 Å². The lowest BCUT2D eigenvalue weighted by molar-refractivity contribution is -0.142. The van der Waals surface area contributed by atoms with Gasteiger partial charge in [0.25, 0.3) is 5.56 Å². The molecule has 2 aromatic heterocycles. The van der Waals surface area contributed by atoms with Crippen molar-refractivity contribution in [3.05, 3.63) is 63.9 Å². The fourth-order valence-corrected chi connectivity index (χ4v) is 3.15. The molecule has 0 aliphatic carbocycles. The van der Waals surface area contributed by atoms with Gasteiger partial charge in [-0.25, -0.2) is 9.67 Å². The summed E-state index contributed by atoms with van der Waals surface area (Å²) in [6, 6.07) is 12.4. The number of carbonyl (C=O) groups is 2. The largest absolute Gasteiger partial charge is 0.466 e. The van der Waals surface area contributed by atoms with E-state index in [-0.39, 0.29) is 24.5 Å². The van der Waals surface area contributed by atoms with Gasteiger partial charge in [0.05, 0.1) is 24.4 Å². The molecule has 9 heteroatoms. The maximum atomic E-state index is 12.3. The minimum absolute atomic E-state index is 0.0420. The van der Waals surface area contributed by atoms with Crippen LogP contribution in [0, 0.1) is 0 Å². The second-order valence-corrected chi connectivity index (χ2v) is 6.61. The lowest BCUT2D eigenvalue weighted by Gasteiger charge is -2.07. The van der Waals surface area contributed by atoms with Gasteiger partial charge in [0, 0.05) is 17.0 Å². The number of nitrogens with one attached hydrogen (secondary N) is 1. The monoisotopic (exact) mass is 398 g/mol. The molecule has 0 atom stereocenters. The van der Waals surface area contributed by atoms with Crippen molar-refractivity contribution in [2.45, 2.75) is 19.9 Å². The summed E-state index contributed by atoms with van der Waals surface area (Å²) in [4.78, 5) is 40.0. The Labute approximate surface area is 164 Å². The average Bonchev–Trinajstić information content (AvgIpc) is 3.11. The van der Waals surface area contributed by atoms with Gasteiger partial charge in [-0.2, -0.15) is 5.10 Å². The summed E-state index contributed by atoms with van der Waals surface area (Å²) in [6.45, 7) is 1.79. The van der Waals surface area contributed by atoms with Crippen molar-refractivity contribution < 1.29 is 14.3 Å². The first-order chi connectivity index (χ1) is 13.5. The van der Waals surface area contributed by atoms with Crippen LogP contribution < -0.4 is 10.9 Å². The minimum atomic E-state index is -0.433. The van der Waals surface area contributed by atoms with Crippen LogP contribution in [0.25, 0.3) is 11.3 Å². The van der Waals surface area contributed by atoms with Crippen LogP contribution in [0.5, 0.6) is 0 Å². The molecule has 0 radical (unpaired) electrons. The van der Waals surface area contributed by atoms with Gasteiger partial charge in [0.15, 0.2) is 5.13 Å². The lowest BCUT2D eigenvalue weighted by atomic mass is 10.1. The Bertz CT molecular complexity index is 1030. The topological polar surface area (TPSA) is 103 Å². The molecular weight excluding hydrogens is 380 g/mol. The molecule has 28 heavy (non-hydrogen) atoms. The van der Waals surface area contributed by atoms with E-state index >= 15 is 0 Å². The number of ether oxygens (including phenoxy) is 1. The Morgan fingerprint density at radius 2 is 1.96 bits per heavy atom. The number of benzene rings is 1. The first-order valence-corrected chi connectivity index (χ1v) is 9.46. The Morgan fingerprint density at radius 3 is 2.71 bits per heavy atom. The summed E-state index contributed by atoms with van der Waals surface area (Å²) in [7, 11) is 0. The molecule has 1 amide bonds. The molecular formula is C19H18N4O4S. The zero-order valence-electron chi connectivity index (χ0n) is 15.1. The number of carbonyl (C=O) groups excluding carboxylic acids is 2. The van der Waals surface area contributed by atoms with Crippen molar-refractivity contribution in [3.8, 4) is 11.3 Å². The quantitative estimate of drug-likeness (QED) is 0.612. The van der Waals surface area contributed by atoms with E-state index in [1.54, 1.807) is 18.4 Å². The predicted octanol–water partition coefficient (Wildman–Crippen LogP) is 2.11. The number of anilines is 1. The van der Waals surface area contributed by atoms with Crippen LogP contribution in [0.3, 0.4) is 0 Å². The van der Waals surface area contributed by atoms with Gasteiger partial charge < -0.3 is 10.1 Å². The van der Waals surface area contributed by atoms with Gasteiger partial charge in [-0.05, 0) is 13.0 Å². The smallest absolute Gasteiger partial charge is 0.311 e. The summed E-state index contributed by atoms with van der Waals surface area (Å²) in [6.07, 6.45) is 0.0420. The third-order valence-corrected chi connectivity index (χ3v) is 4.46. The standard InChI is InChI=1S/C19H18N4O4S/c1-2-27-18(26)10-14-12-28-19(20-14)21-16(24)11-23-17(25)9-8-15(22-23)13-6-4-3-5-7-13/h3-9,12H,2,10-11H2,1H3,(H,20,21,24). The van der Waals surface area contributed by atoms with E-state index < -0.39 is 5.91 Å². The van der Waals surface area contributed by atoms with Gasteiger partial charge in [-0.1, -0.05) is 30.3 Å². The fourth-order valence-electron chi connectivity index (χ4n) is 2.43. The molecule has 8 nitrogen and oxygen atoms in total. The van der Waals surface area contributed by atoms with E-state index in [9.17, 15) is 14.4 Å². The number of nitrogens with zero attached hydrogens (tertiary/aromatic N) is 3. The number of esters is 1. The van der Waals surface area contributed by atoms with Crippen molar-refractivity contribution in [1.82, 2.24) is 14.8 Å². The van der Waals surface area contributed by atoms with Crippen molar-refractivity contribution in [1.29, 1.82) is 0 Å². The van der Waals surface area contributed by atoms with Crippen LogP contribution in [-0.4, -0.2) is 33.2 Å². The molecule has 0 aliphatic heterocycles. The Kier molecular flexibility index (Phi) is 6.28. The normalized spacial score (nSPS) is 10.5. The van der Waals surface area contributed by atoms with E-state index in [1.807, 2.05) is 30.3 Å². The molecule has 2 heterocycles. The molecule has 0 spiro atoms. The summed E-state index contributed by atoms with van der Waals surface area (Å²) >= 11 is 1.19. The third-order valence-electron chi connectivity index (χ3n) is 3.66. The van der Waals surface area contributed by atoms with Gasteiger partial charge >= 0.3 is 5.97 Å². The summed E-state index contributed by atoms with van der Waals surface area (Å²) in [5, 5.41) is 8.89. The van der Waals surface area contributed by atoms with Crippen LogP contribution in [0.15, 0.2) is 52.6 Å². The fraction of sp³-hybridized carbons (Fsp3) is 0.211. The SMILES string of the molecule is CCOC(=O)Cc1csc(NC(=O)Cn2nc(-c3ccccc3)ccc2=O)n1. The van der Waals surface area contributed by atoms with Gasteiger partial charge in [0.2, 0.25) is 5.91 Å². The highest BCUT2D eigenvalue weighted by Crippen LogP contribution is 2.16. The predicted molar refractivity (Wildman–Crippen MR) is 105 cm³/mol. The maximum Gasteiger partial charge on any atom is 0.311 e. The van der Waals surface area contributed by atoms with Crippen molar-refractivity contribution in [2.75, 3.05) is 11.9 Å². The van der Waals surface area contributed by atoms with Gasteiger partial charge in [-0.3, -0.25) is 14.4 Å². The van der Waals surface area contributed by atoms with Crippen LogP contribution in [-0.2, 0) is 27.3 Å². The third kappa shape index (κ3) is 5.10. The maximum absolute atomic E-state index is 12.3. The molecule has 0 unspecified atom stereocenters. The van der Waals surface area contributed by atoms with Crippen LogP contribution >= 0.6 is 11.3 Å². The summed E-state index contributed by atoms with van der Waals surface area (Å²) < 4.78 is 5.97. The van der Waals surface area contributed by atoms with Gasteiger partial charge in [0.1, 0.15) is 6.54 Å². The molecule has 0 fully saturated rings. The van der Waals surface area contributed by atoms with Crippen molar-refractivity contribution >= 4 is 28.3 Å². The van der Waals surface area contributed by atoms with E-state index in [0.29, 0.717) is 23.1 Å². The second-order valence-electron chi connectivity index (χ2n) is 5.75. The van der Waals surface area contributed by atoms with Crippen LogP contribution in [0.2, 0.25) is 0 Å². The van der Waals surface area contributed by atoms with Gasteiger partial charge in [-0.15, -0.1) is 11.3 Å². The Morgan fingerprint density at radius 1 is 1.18 bits per heavy atom. The number of rotatable bonds is 7. The number of amides is 1. The molecule has 3 aromatic rings. The van der Waals surface area contributed by atoms with E-state index in [1.165, 1.54) is 17.4 Å². The second kappa shape index (κ2) is 9.05. The summed E-state index contributed by atoms with van der Waals surface area (Å²) in [5.41, 5.74) is 1.58. The van der Waals surface area contributed by atoms with E-state index in [0.717, 1.165) is 10.2 Å². The molecule has 144 valence electrons. The van der Waals surface area contributed by atoms with E-state index in [2.05, 4.69) is 15.4 Å². The van der Waals surface area contributed by atoms with Crippen LogP contribution in [0.1, 0.15) is 12.6 Å². The first-order valence-electron chi connectivity index (χ1n) is 8.58. The molecule has 0 aliphatic rings. The Hall–Kier alpha value is -3.33. The molecule has 1 aromatic carbocycles. The molecule has 0 bridgehead atoms. The zero-order chi connectivity index (χ0) is 19.9. The lowest BCUT2D eigenvalue weighted by Crippen LogP contribution is -2.29. The summed E-state index contributed by atoms with van der Waals surface area (Å²) in [5.74, 6) is -0.809. The molecule has 0 saturated carbocycles. The highest BCUT2D eigenvalue weighted by molar-refractivity contribution is 7.13. The molecule has 0 saturated heterocycles. The highest BCUT2D eigenvalue weighted by atomic mass is 32.1. The average molecular weight is 398 g/mol. The number of thiazole rings is 1. The van der Waals surface area contributed by atoms with Crippen molar-refractivity contribution in [3.63, 3.8) is 0 Å². The number of hydrogen-bond acceptors (Lipinski definition) is 7. The number of hydrogen-bond donors (Lipinski definition) is 1. The number of aromatic nitrogens is 3. The highest BCUT2D eigenvalue weighted by Gasteiger charge is 2.12. The zero-order valence-corrected chi connectivity index (χ0v) is 15.9.